The van der Waals surface area contributed by atoms with Gasteiger partial charge in [-0.05, 0) is 23.5 Å². The Bertz CT molecular complexity index is 223. The van der Waals surface area contributed by atoms with Crippen molar-refractivity contribution >= 4 is 0 Å². The van der Waals surface area contributed by atoms with Crippen LogP contribution in [-0.2, 0) is 0 Å². The van der Waals surface area contributed by atoms with Crippen molar-refractivity contribution in [1.29, 1.82) is 0 Å². The Morgan fingerprint density at radius 3 is 2.23 bits per heavy atom. The number of rotatable bonds is 2. The van der Waals surface area contributed by atoms with Crippen molar-refractivity contribution in [3.05, 3.63) is 23.8 Å². The summed E-state index contributed by atoms with van der Waals surface area (Å²) in [5.74, 6) is 0.890. The zero-order valence-corrected chi connectivity index (χ0v) is 8.92. The van der Waals surface area contributed by atoms with E-state index in [1.54, 1.807) is 6.08 Å². The van der Waals surface area contributed by atoms with E-state index in [1.807, 2.05) is 6.08 Å². The van der Waals surface area contributed by atoms with Crippen LogP contribution in [-0.4, -0.2) is 6.17 Å². The molecule has 74 valence electrons. The number of alkyl halides is 1. The Kier molecular flexibility index (Phi) is 3.29. The van der Waals surface area contributed by atoms with E-state index in [9.17, 15) is 4.39 Å². The van der Waals surface area contributed by atoms with E-state index < -0.39 is 6.17 Å². The van der Waals surface area contributed by atoms with E-state index in [-0.39, 0.29) is 5.92 Å². The van der Waals surface area contributed by atoms with Gasteiger partial charge in [-0.2, -0.15) is 0 Å². The second-order valence-electron chi connectivity index (χ2n) is 4.45. The summed E-state index contributed by atoms with van der Waals surface area (Å²) in [7, 11) is 0. The molecular weight excluding hydrogens is 163 g/mol. The van der Waals surface area contributed by atoms with Crippen LogP contribution in [0.15, 0.2) is 23.8 Å². The van der Waals surface area contributed by atoms with Gasteiger partial charge in [0.05, 0.1) is 0 Å². The Morgan fingerprint density at radius 1 is 1.23 bits per heavy atom. The van der Waals surface area contributed by atoms with Crippen LogP contribution in [0.3, 0.4) is 0 Å². The topological polar surface area (TPSA) is 0 Å². The summed E-state index contributed by atoms with van der Waals surface area (Å²) in [4.78, 5) is 0. The van der Waals surface area contributed by atoms with Gasteiger partial charge in [-0.1, -0.05) is 39.8 Å². The van der Waals surface area contributed by atoms with Crippen molar-refractivity contribution in [2.75, 3.05) is 0 Å². The third-order valence-electron chi connectivity index (χ3n) is 2.67. The molecule has 0 amide bonds. The van der Waals surface area contributed by atoms with Gasteiger partial charge < -0.3 is 0 Å². The molecular formula is C12H19F. The fourth-order valence-corrected chi connectivity index (χ4v) is 1.65. The molecule has 0 aromatic carbocycles. The molecule has 1 rings (SSSR count). The minimum atomic E-state index is -0.789. The molecule has 0 heterocycles. The molecule has 0 aromatic heterocycles. The van der Waals surface area contributed by atoms with E-state index in [4.69, 9.17) is 0 Å². The first-order valence-corrected chi connectivity index (χ1v) is 5.06. The molecule has 0 bridgehead atoms. The normalized spacial score (nSPS) is 28.4. The van der Waals surface area contributed by atoms with Gasteiger partial charge in [0, 0.05) is 5.92 Å². The maximum atomic E-state index is 13.6. The van der Waals surface area contributed by atoms with Gasteiger partial charge in [0.15, 0.2) is 0 Å². The van der Waals surface area contributed by atoms with Crippen molar-refractivity contribution in [1.82, 2.24) is 0 Å². The van der Waals surface area contributed by atoms with Crippen LogP contribution in [0.1, 0.15) is 27.7 Å². The molecule has 0 nitrogen and oxygen atoms in total. The lowest BCUT2D eigenvalue weighted by Gasteiger charge is -2.24. The fraction of sp³-hybridized carbons (Fsp3) is 0.667. The molecule has 2 unspecified atom stereocenters. The molecule has 2 atom stereocenters. The molecule has 1 aliphatic carbocycles. The molecule has 0 saturated heterocycles. The average molecular weight is 182 g/mol. The lowest BCUT2D eigenvalue weighted by Crippen LogP contribution is -2.21. The highest BCUT2D eigenvalue weighted by Crippen LogP contribution is 2.28. The van der Waals surface area contributed by atoms with Crippen LogP contribution in [0.5, 0.6) is 0 Å². The average Bonchev–Trinajstić information content (AvgIpc) is 2.03. The van der Waals surface area contributed by atoms with Gasteiger partial charge in [0.1, 0.15) is 6.17 Å². The van der Waals surface area contributed by atoms with E-state index in [1.165, 1.54) is 0 Å². The van der Waals surface area contributed by atoms with Crippen LogP contribution in [0.25, 0.3) is 0 Å². The highest BCUT2D eigenvalue weighted by atomic mass is 19.1. The Balaban J connectivity index is 2.73. The SMILES string of the molecule is CC(C)C1=CC(F)C(C(C)C)C=C1. The van der Waals surface area contributed by atoms with Crippen LogP contribution in [0.4, 0.5) is 4.39 Å². The molecule has 0 N–H and O–H groups in total. The fourth-order valence-electron chi connectivity index (χ4n) is 1.65. The minimum Gasteiger partial charge on any atom is -0.242 e. The summed E-state index contributed by atoms with van der Waals surface area (Å²) in [5.41, 5.74) is 1.13. The summed E-state index contributed by atoms with van der Waals surface area (Å²) in [5, 5.41) is 0. The van der Waals surface area contributed by atoms with Gasteiger partial charge in [-0.25, -0.2) is 4.39 Å². The van der Waals surface area contributed by atoms with Crippen LogP contribution in [0, 0.1) is 17.8 Å². The molecule has 0 radical (unpaired) electrons. The predicted molar refractivity (Wildman–Crippen MR) is 55.3 cm³/mol. The van der Waals surface area contributed by atoms with E-state index in [0.29, 0.717) is 11.8 Å². The third-order valence-corrected chi connectivity index (χ3v) is 2.67. The van der Waals surface area contributed by atoms with Crippen LogP contribution >= 0.6 is 0 Å². The third kappa shape index (κ3) is 2.43. The summed E-state index contributed by atoms with van der Waals surface area (Å²) in [6, 6.07) is 0. The first-order valence-electron chi connectivity index (χ1n) is 5.06. The largest absolute Gasteiger partial charge is 0.242 e. The lowest BCUT2D eigenvalue weighted by atomic mass is 9.84. The quantitative estimate of drug-likeness (QED) is 0.610. The maximum absolute atomic E-state index is 13.6. The summed E-state index contributed by atoms with van der Waals surface area (Å²) in [6.07, 6.45) is 5.08. The van der Waals surface area contributed by atoms with Crippen molar-refractivity contribution in [3.8, 4) is 0 Å². The van der Waals surface area contributed by atoms with Gasteiger partial charge in [-0.3, -0.25) is 0 Å². The van der Waals surface area contributed by atoms with Crippen molar-refractivity contribution in [3.63, 3.8) is 0 Å². The number of hydrogen-bond donors (Lipinski definition) is 0. The number of hydrogen-bond acceptors (Lipinski definition) is 0. The molecule has 13 heavy (non-hydrogen) atoms. The lowest BCUT2D eigenvalue weighted by molar-refractivity contribution is 0.263. The number of halogens is 1. The highest BCUT2D eigenvalue weighted by Gasteiger charge is 2.23. The monoisotopic (exact) mass is 182 g/mol. The molecule has 0 aliphatic heterocycles. The molecule has 0 spiro atoms. The molecule has 0 aromatic rings. The minimum absolute atomic E-state index is 0.0718. The molecule has 0 fully saturated rings. The van der Waals surface area contributed by atoms with Crippen molar-refractivity contribution in [2.24, 2.45) is 17.8 Å². The summed E-state index contributed by atoms with van der Waals surface area (Å²) >= 11 is 0. The van der Waals surface area contributed by atoms with Crippen LogP contribution < -0.4 is 0 Å². The second-order valence-corrected chi connectivity index (χ2v) is 4.45. The van der Waals surface area contributed by atoms with Gasteiger partial charge in [0.2, 0.25) is 0 Å². The molecule has 1 heteroatoms. The smallest absolute Gasteiger partial charge is 0.125 e. The van der Waals surface area contributed by atoms with Crippen molar-refractivity contribution < 1.29 is 4.39 Å². The first kappa shape index (κ1) is 10.5. The van der Waals surface area contributed by atoms with E-state index in [0.717, 1.165) is 5.57 Å². The van der Waals surface area contributed by atoms with Gasteiger partial charge in [0.25, 0.3) is 0 Å². The second kappa shape index (κ2) is 4.08. The van der Waals surface area contributed by atoms with Gasteiger partial charge >= 0.3 is 0 Å². The molecule has 0 saturated carbocycles. The van der Waals surface area contributed by atoms with E-state index in [2.05, 4.69) is 33.8 Å². The van der Waals surface area contributed by atoms with Crippen LogP contribution in [0.2, 0.25) is 0 Å². The Labute approximate surface area is 80.5 Å². The maximum Gasteiger partial charge on any atom is 0.125 e. The summed E-state index contributed by atoms with van der Waals surface area (Å²) < 4.78 is 13.6. The number of allylic oxidation sites excluding steroid dienone is 4. The highest BCUT2D eigenvalue weighted by molar-refractivity contribution is 5.28. The first-order chi connectivity index (χ1) is 6.02. The summed E-state index contributed by atoms with van der Waals surface area (Å²) in [6.45, 7) is 8.32. The zero-order valence-electron chi connectivity index (χ0n) is 8.92. The van der Waals surface area contributed by atoms with Gasteiger partial charge in [-0.15, -0.1) is 0 Å². The van der Waals surface area contributed by atoms with E-state index >= 15 is 0 Å². The van der Waals surface area contributed by atoms with Crippen molar-refractivity contribution in [2.45, 2.75) is 33.9 Å². The Morgan fingerprint density at radius 2 is 1.85 bits per heavy atom. The standard InChI is InChI=1S/C12H19F/c1-8(2)10-5-6-11(9(3)4)12(13)7-10/h5-9,11-12H,1-4H3. The molecule has 1 aliphatic rings. The Hall–Kier alpha value is -0.590. The zero-order chi connectivity index (χ0) is 10.0. The predicted octanol–water partition coefficient (Wildman–Crippen LogP) is 3.75.